The lowest BCUT2D eigenvalue weighted by atomic mass is 10.1. The second-order valence-electron chi connectivity index (χ2n) is 20.8. The van der Waals surface area contributed by atoms with Gasteiger partial charge in [-0.2, -0.15) is 0 Å². The minimum Gasteiger partial charge on any atom is -0.464 e. The van der Waals surface area contributed by atoms with Gasteiger partial charge in [0.15, 0.2) is 11.6 Å². The Balaban J connectivity index is -0.000000398. The van der Waals surface area contributed by atoms with E-state index in [0.717, 1.165) is 37.7 Å². The fourth-order valence-corrected chi connectivity index (χ4v) is 6.22. The molecule has 1 aliphatic heterocycles. The van der Waals surface area contributed by atoms with E-state index in [9.17, 15) is 22.8 Å². The third kappa shape index (κ3) is 65.0. The van der Waals surface area contributed by atoms with Crippen LogP contribution in [0, 0.1) is 17.8 Å². The summed E-state index contributed by atoms with van der Waals surface area (Å²) in [5, 5.41) is 26.1. The number of piperazine rings is 1. The monoisotopic (exact) mass is 1060 g/mol. The zero-order valence-electron chi connectivity index (χ0n) is 49.5. The molecule has 5 N–H and O–H groups in total. The number of nitrogens with one attached hydrogen (secondary N) is 3. The number of sulfone groups is 1. The summed E-state index contributed by atoms with van der Waals surface area (Å²) in [7, 11) is 4.78. The molecule has 0 aliphatic carbocycles. The number of carbonyl (C=O) groups is 3. The molecule has 2 amide bonds. The average molecular weight is 1060 g/mol. The number of hydrogen-bond acceptors (Lipinski definition) is 15. The fraction of sp³-hybridized carbons (Fsp3) is 0.800. The molecule has 432 valence electrons. The van der Waals surface area contributed by atoms with E-state index in [1.54, 1.807) is 6.08 Å². The van der Waals surface area contributed by atoms with Gasteiger partial charge in [0.2, 0.25) is 11.8 Å². The molecule has 0 aromatic carbocycles. The van der Waals surface area contributed by atoms with Crippen LogP contribution in [-0.4, -0.2) is 188 Å². The molecule has 0 atom stereocenters. The van der Waals surface area contributed by atoms with Gasteiger partial charge in [-0.3, -0.25) is 14.4 Å². The molecule has 1 fully saturated rings. The Labute approximate surface area is 445 Å². The maximum atomic E-state index is 11.1. The normalized spacial score (nSPS) is 13.3. The van der Waals surface area contributed by atoms with Crippen LogP contribution in [0.4, 0.5) is 0 Å². The first kappa shape index (κ1) is 76.5. The number of furan rings is 1. The summed E-state index contributed by atoms with van der Waals surface area (Å²) in [5.41, 5.74) is 0. The van der Waals surface area contributed by atoms with E-state index in [1.165, 1.54) is 59.4 Å². The van der Waals surface area contributed by atoms with Crippen molar-refractivity contribution in [2.24, 2.45) is 17.8 Å². The van der Waals surface area contributed by atoms with Crippen LogP contribution in [0.1, 0.15) is 140 Å². The SMILES string of the molecule is CC(C)CC(=O)/C=C/CN(C)C.CC(C)CCNC(=O)CC(C)(O)O.CC(C)OCCCN1CCN(C)CC1.CC(C)c1ccc(CNCCS(C)(=O)=O)o1.CCOC(C)C.COCC(=O)NC/C=C/C(C)C. The summed E-state index contributed by atoms with van der Waals surface area (Å²) in [6, 6.07) is 3.88. The van der Waals surface area contributed by atoms with E-state index in [2.05, 4.69) is 107 Å². The maximum absolute atomic E-state index is 11.1. The molecule has 0 bridgehead atoms. The van der Waals surface area contributed by atoms with E-state index < -0.39 is 15.6 Å². The van der Waals surface area contributed by atoms with Gasteiger partial charge >= 0.3 is 0 Å². The average Bonchev–Trinajstić information content (AvgIpc) is 3.73. The summed E-state index contributed by atoms with van der Waals surface area (Å²) in [6.07, 6.45) is 12.0. The third-order valence-electron chi connectivity index (χ3n) is 9.50. The summed E-state index contributed by atoms with van der Waals surface area (Å²) in [6.45, 7) is 39.0. The number of ether oxygens (including phenoxy) is 3. The number of hydrogen-bond donors (Lipinski definition) is 5. The number of carbonyl (C=O) groups excluding carboxylic acids is 3. The number of aliphatic hydroxyl groups is 2. The highest BCUT2D eigenvalue weighted by molar-refractivity contribution is 7.90. The predicted octanol–water partition coefficient (Wildman–Crippen LogP) is 6.94. The standard InChI is InChI=1S/C11H24N2O.C11H19NO3S.C10H19NO.C9H19NO3.C9H17NO2.C5H12O/c1-11(2)14-10-4-5-13-8-6-12(3)7-9-13;1-9(2)11-5-4-10(15-11)8-12-6-7-16(3,13)14;1-9(2)8-10(12)6-5-7-11(3)4;1-7(2)4-5-10-8(11)6-9(3,12)13;1-8(2)5-4-6-10-9(11)7-12-3;1-4-6-5(2)3/h11H,4-10H2,1-3H3;4-5,9,12H,6-8H2,1-3H3;5-6,9H,7-8H2,1-4H3;7,12-13H,4-6H2,1-3H3,(H,10,11);4-5,8H,6-7H2,1-3H3,(H,10,11);5H,4H2,1-3H3/b;;6-5+;;5-4+;. The smallest absolute Gasteiger partial charge is 0.246 e. The molecule has 1 saturated heterocycles. The van der Waals surface area contributed by atoms with Gasteiger partial charge in [0.25, 0.3) is 0 Å². The molecule has 1 aliphatic rings. The number of ketones is 1. The van der Waals surface area contributed by atoms with Crippen molar-refractivity contribution in [3.8, 4) is 0 Å². The van der Waals surface area contributed by atoms with Crippen molar-refractivity contribution in [1.82, 2.24) is 30.7 Å². The molecule has 18 heteroatoms. The number of nitrogens with zero attached hydrogens (tertiary/aromatic N) is 3. The maximum Gasteiger partial charge on any atom is 0.246 e. The van der Waals surface area contributed by atoms with Crippen molar-refractivity contribution >= 4 is 27.4 Å². The lowest BCUT2D eigenvalue weighted by Gasteiger charge is -2.32. The zero-order chi connectivity index (χ0) is 57.0. The molecular weight excluding hydrogens is 953 g/mol. The van der Waals surface area contributed by atoms with Crippen LogP contribution in [0.5, 0.6) is 0 Å². The molecule has 1 aromatic heterocycles. The summed E-state index contributed by atoms with van der Waals surface area (Å²) >= 11 is 0. The second-order valence-corrected chi connectivity index (χ2v) is 23.0. The fourth-order valence-electron chi connectivity index (χ4n) is 5.71. The van der Waals surface area contributed by atoms with Crippen LogP contribution >= 0.6 is 0 Å². The lowest BCUT2D eigenvalue weighted by molar-refractivity contribution is -0.161. The molecular formula is C55H110N6O11S. The van der Waals surface area contributed by atoms with Crippen molar-refractivity contribution < 1.29 is 51.6 Å². The molecule has 17 nitrogen and oxygen atoms in total. The van der Waals surface area contributed by atoms with Gasteiger partial charge in [-0.1, -0.05) is 73.6 Å². The zero-order valence-corrected chi connectivity index (χ0v) is 50.3. The van der Waals surface area contributed by atoms with Crippen molar-refractivity contribution in [2.45, 2.75) is 153 Å². The highest BCUT2D eigenvalue weighted by Gasteiger charge is 2.19. The molecule has 73 heavy (non-hydrogen) atoms. The Morgan fingerprint density at radius 1 is 0.863 bits per heavy atom. The van der Waals surface area contributed by atoms with Crippen molar-refractivity contribution in [2.75, 3.05) is 119 Å². The third-order valence-corrected chi connectivity index (χ3v) is 10.4. The van der Waals surface area contributed by atoms with Crippen LogP contribution in [-0.2, 0) is 45.0 Å². The van der Waals surface area contributed by atoms with E-state index in [4.69, 9.17) is 24.1 Å². The molecule has 0 unspecified atom stereocenters. The van der Waals surface area contributed by atoms with Crippen molar-refractivity contribution in [1.29, 1.82) is 0 Å². The molecule has 2 heterocycles. The number of rotatable bonds is 28. The van der Waals surface area contributed by atoms with Gasteiger partial charge in [-0.25, -0.2) is 8.42 Å². The minimum absolute atomic E-state index is 0.0779. The lowest BCUT2D eigenvalue weighted by Crippen LogP contribution is -2.44. The minimum atomic E-state index is -2.88. The van der Waals surface area contributed by atoms with Gasteiger partial charge in [-0.05, 0) is 111 Å². The van der Waals surface area contributed by atoms with Gasteiger partial charge in [-0.15, -0.1) is 0 Å². The van der Waals surface area contributed by atoms with Crippen LogP contribution in [0.25, 0.3) is 0 Å². The van der Waals surface area contributed by atoms with Gasteiger partial charge < -0.3 is 59.5 Å². The summed E-state index contributed by atoms with van der Waals surface area (Å²) in [4.78, 5) is 39.9. The van der Waals surface area contributed by atoms with E-state index in [-0.39, 0.29) is 36.4 Å². The Hall–Kier alpha value is -3.04. The Bertz CT molecular complexity index is 1630. The highest BCUT2D eigenvalue weighted by Crippen LogP contribution is 2.17. The van der Waals surface area contributed by atoms with Crippen LogP contribution in [0.2, 0.25) is 0 Å². The number of allylic oxidation sites excluding steroid dienone is 2. The Morgan fingerprint density at radius 3 is 1.90 bits per heavy atom. The molecule has 0 spiro atoms. The van der Waals surface area contributed by atoms with Crippen LogP contribution < -0.4 is 16.0 Å². The summed E-state index contributed by atoms with van der Waals surface area (Å²) in [5.74, 6) is 1.79. The molecule has 1 aromatic rings. The molecule has 2 rings (SSSR count). The van der Waals surface area contributed by atoms with E-state index in [1.807, 2.05) is 70.1 Å². The van der Waals surface area contributed by atoms with E-state index in [0.29, 0.717) is 68.5 Å². The number of methoxy groups -OCH3 is 1. The van der Waals surface area contributed by atoms with Crippen LogP contribution in [0.15, 0.2) is 40.9 Å². The largest absolute Gasteiger partial charge is 0.464 e. The summed E-state index contributed by atoms with van der Waals surface area (Å²) < 4.78 is 42.5. The molecule has 0 radical (unpaired) electrons. The van der Waals surface area contributed by atoms with Gasteiger partial charge in [0.1, 0.15) is 28.0 Å². The topological polar surface area (TPSA) is 212 Å². The van der Waals surface area contributed by atoms with Crippen molar-refractivity contribution in [3.05, 3.63) is 48.0 Å². The number of likely N-dealkylation sites (N-methyl/N-ethyl adjacent to an activating group) is 2. The van der Waals surface area contributed by atoms with Crippen LogP contribution in [0.3, 0.4) is 0 Å². The van der Waals surface area contributed by atoms with Gasteiger partial charge in [0, 0.05) is 97.8 Å². The predicted molar refractivity (Wildman–Crippen MR) is 302 cm³/mol. The Kier molecular flexibility index (Phi) is 49.7. The highest BCUT2D eigenvalue weighted by atomic mass is 32.2. The first-order valence-electron chi connectivity index (χ1n) is 26.4. The quantitative estimate of drug-likeness (QED) is 0.0249. The molecule has 0 saturated carbocycles. The van der Waals surface area contributed by atoms with Crippen molar-refractivity contribution in [3.63, 3.8) is 0 Å². The first-order chi connectivity index (χ1) is 33.8. The Morgan fingerprint density at radius 2 is 1.47 bits per heavy atom. The second kappa shape index (κ2) is 47.4. The number of amides is 2. The van der Waals surface area contributed by atoms with Gasteiger partial charge in [0.05, 0.1) is 30.9 Å². The van der Waals surface area contributed by atoms with E-state index >= 15 is 0 Å². The first-order valence-corrected chi connectivity index (χ1v) is 28.5.